The average molecular weight is 432 g/mol. The van der Waals surface area contributed by atoms with Crippen molar-refractivity contribution in [1.82, 2.24) is 4.31 Å². The second kappa shape index (κ2) is 8.08. The van der Waals surface area contributed by atoms with E-state index in [0.29, 0.717) is 16.9 Å². The number of carbonyl (C=O) groups is 2. The van der Waals surface area contributed by atoms with Gasteiger partial charge in [-0.15, -0.1) is 0 Å². The fourth-order valence-electron chi connectivity index (χ4n) is 3.14. The Kier molecular flexibility index (Phi) is 5.87. The number of likely N-dealkylation sites (N-methyl/N-ethyl adjacent to an activating group) is 1. The summed E-state index contributed by atoms with van der Waals surface area (Å²) >= 11 is 0. The first kappa shape index (κ1) is 21.8. The summed E-state index contributed by atoms with van der Waals surface area (Å²) in [5.41, 5.74) is 3.38. The molecule has 0 saturated carbocycles. The second-order valence-corrected chi connectivity index (χ2v) is 9.50. The van der Waals surface area contributed by atoms with Crippen LogP contribution in [0, 0.1) is 20.8 Å². The molecule has 1 heterocycles. The molecule has 1 unspecified atom stereocenters. The molecule has 2 aromatic rings. The Labute approximate surface area is 176 Å². The number of carbonyl (C=O) groups excluding carboxylic acids is 2. The Hall–Kier alpha value is -2.91. The van der Waals surface area contributed by atoms with Crippen molar-refractivity contribution in [2.75, 3.05) is 24.2 Å². The van der Waals surface area contributed by atoms with Crippen LogP contribution in [-0.4, -0.2) is 44.2 Å². The first-order valence-corrected chi connectivity index (χ1v) is 10.9. The molecule has 2 aromatic carbocycles. The molecular weight excluding hydrogens is 406 g/mol. The minimum atomic E-state index is -3.96. The zero-order chi connectivity index (χ0) is 22.2. The van der Waals surface area contributed by atoms with E-state index >= 15 is 0 Å². The van der Waals surface area contributed by atoms with E-state index in [4.69, 9.17) is 4.74 Å². The van der Waals surface area contributed by atoms with E-state index in [2.05, 4.69) is 10.6 Å². The van der Waals surface area contributed by atoms with Crippen molar-refractivity contribution in [3.05, 3.63) is 47.0 Å². The third-order valence-corrected chi connectivity index (χ3v) is 6.88. The molecule has 0 aliphatic carbocycles. The minimum absolute atomic E-state index is 0.0200. The quantitative estimate of drug-likeness (QED) is 0.757. The minimum Gasteiger partial charge on any atom is -0.479 e. The highest BCUT2D eigenvalue weighted by molar-refractivity contribution is 7.89. The van der Waals surface area contributed by atoms with Crippen molar-refractivity contribution in [2.24, 2.45) is 0 Å². The number of aryl methyl sites for hydroxylation is 3. The topological polar surface area (TPSA) is 105 Å². The molecule has 160 valence electrons. The van der Waals surface area contributed by atoms with Gasteiger partial charge in [-0.3, -0.25) is 9.59 Å². The fourth-order valence-corrected chi connectivity index (χ4v) is 4.48. The van der Waals surface area contributed by atoms with Crippen LogP contribution in [0.2, 0.25) is 0 Å². The van der Waals surface area contributed by atoms with Gasteiger partial charge in [0.25, 0.3) is 5.91 Å². The zero-order valence-electron chi connectivity index (χ0n) is 17.6. The van der Waals surface area contributed by atoms with Gasteiger partial charge < -0.3 is 15.4 Å². The number of nitrogens with zero attached hydrogens (tertiary/aromatic N) is 1. The lowest BCUT2D eigenvalue weighted by atomic mass is 10.1. The van der Waals surface area contributed by atoms with Crippen LogP contribution < -0.4 is 15.4 Å². The molecule has 9 heteroatoms. The molecule has 0 spiro atoms. The van der Waals surface area contributed by atoms with Gasteiger partial charge in [-0.05, 0) is 56.5 Å². The molecule has 0 bridgehead atoms. The lowest BCUT2D eigenvalue weighted by Gasteiger charge is -2.25. The van der Waals surface area contributed by atoms with Gasteiger partial charge in [0.15, 0.2) is 6.10 Å². The molecule has 1 aliphatic rings. The lowest BCUT2D eigenvalue weighted by molar-refractivity contribution is -0.122. The highest BCUT2D eigenvalue weighted by Crippen LogP contribution is 2.35. The van der Waals surface area contributed by atoms with E-state index in [1.807, 2.05) is 32.0 Å². The number of amides is 2. The third kappa shape index (κ3) is 4.31. The van der Waals surface area contributed by atoms with Gasteiger partial charge in [0, 0.05) is 18.8 Å². The maximum Gasteiger partial charge on any atom is 0.265 e. The van der Waals surface area contributed by atoms with Crippen LogP contribution >= 0.6 is 0 Å². The summed E-state index contributed by atoms with van der Waals surface area (Å²) < 4.78 is 32.7. The van der Waals surface area contributed by atoms with Gasteiger partial charge in [0.2, 0.25) is 15.9 Å². The second-order valence-electron chi connectivity index (χ2n) is 7.49. The predicted octanol–water partition coefficient (Wildman–Crippen LogP) is 2.59. The molecule has 1 aliphatic heterocycles. The van der Waals surface area contributed by atoms with Gasteiger partial charge in [-0.25, -0.2) is 8.42 Å². The van der Waals surface area contributed by atoms with E-state index in [-0.39, 0.29) is 23.1 Å². The maximum atomic E-state index is 13.1. The van der Waals surface area contributed by atoms with Crippen LogP contribution in [-0.2, 0) is 19.6 Å². The summed E-state index contributed by atoms with van der Waals surface area (Å²) in [6.45, 7) is 6.64. The molecule has 3 rings (SSSR count). The van der Waals surface area contributed by atoms with Gasteiger partial charge >= 0.3 is 0 Å². The Bertz CT molecular complexity index is 1130. The Morgan fingerprint density at radius 2 is 1.87 bits per heavy atom. The van der Waals surface area contributed by atoms with Gasteiger partial charge in [0.05, 0.1) is 17.1 Å². The summed E-state index contributed by atoms with van der Waals surface area (Å²) in [4.78, 5) is 24.3. The van der Waals surface area contributed by atoms with Crippen LogP contribution in [0.5, 0.6) is 5.75 Å². The monoisotopic (exact) mass is 431 g/mol. The number of sulfonamides is 1. The van der Waals surface area contributed by atoms with Crippen molar-refractivity contribution >= 4 is 33.2 Å². The number of anilines is 2. The largest absolute Gasteiger partial charge is 0.479 e. The first-order valence-electron chi connectivity index (χ1n) is 9.44. The van der Waals surface area contributed by atoms with Crippen molar-refractivity contribution in [1.29, 1.82) is 0 Å². The fraction of sp³-hybridized carbons (Fsp3) is 0.333. The molecule has 1 atom stereocenters. The summed E-state index contributed by atoms with van der Waals surface area (Å²) in [5.74, 6) is -0.459. The standard InChI is InChI=1S/C21H25N3O5S/c1-12-6-7-13(2)16(8-12)22-20(25)11-24(5)30(27,28)19-10-18-17(9-14(19)3)23-21(26)15(4)29-18/h6-10,15H,11H2,1-5H3,(H,22,25)(H,23,26). The predicted molar refractivity (Wildman–Crippen MR) is 114 cm³/mol. The number of ether oxygens (including phenoxy) is 1. The molecule has 0 saturated heterocycles. The van der Waals surface area contributed by atoms with Gasteiger partial charge in [-0.2, -0.15) is 4.31 Å². The van der Waals surface area contributed by atoms with Crippen LogP contribution in [0.25, 0.3) is 0 Å². The van der Waals surface area contributed by atoms with E-state index < -0.39 is 22.0 Å². The van der Waals surface area contributed by atoms with Crippen LogP contribution in [0.4, 0.5) is 11.4 Å². The number of hydrogen-bond donors (Lipinski definition) is 2. The molecule has 0 radical (unpaired) electrons. The Balaban J connectivity index is 1.81. The van der Waals surface area contributed by atoms with E-state index in [0.717, 1.165) is 15.4 Å². The van der Waals surface area contributed by atoms with Crippen LogP contribution in [0.15, 0.2) is 35.2 Å². The Morgan fingerprint density at radius 3 is 2.57 bits per heavy atom. The van der Waals surface area contributed by atoms with Crippen molar-refractivity contribution in [3.8, 4) is 5.75 Å². The zero-order valence-corrected chi connectivity index (χ0v) is 18.4. The molecular formula is C21H25N3O5S. The Morgan fingerprint density at radius 1 is 1.17 bits per heavy atom. The SMILES string of the molecule is Cc1ccc(C)c(NC(=O)CN(C)S(=O)(=O)c2cc3c(cc2C)NC(=O)C(C)O3)c1. The smallest absolute Gasteiger partial charge is 0.265 e. The van der Waals surface area contributed by atoms with E-state index in [1.54, 1.807) is 19.9 Å². The molecule has 0 aromatic heterocycles. The van der Waals surface area contributed by atoms with Gasteiger partial charge in [-0.1, -0.05) is 12.1 Å². The summed E-state index contributed by atoms with van der Waals surface area (Å²) in [6.07, 6.45) is -0.725. The summed E-state index contributed by atoms with van der Waals surface area (Å²) in [6, 6.07) is 8.60. The molecule has 2 N–H and O–H groups in total. The number of benzene rings is 2. The number of nitrogens with one attached hydrogen (secondary N) is 2. The van der Waals surface area contributed by atoms with Crippen LogP contribution in [0.3, 0.4) is 0 Å². The molecule has 2 amide bonds. The molecule has 30 heavy (non-hydrogen) atoms. The van der Waals surface area contributed by atoms with Gasteiger partial charge in [0.1, 0.15) is 5.75 Å². The highest BCUT2D eigenvalue weighted by Gasteiger charge is 2.30. The van der Waals surface area contributed by atoms with Crippen LogP contribution in [0.1, 0.15) is 23.6 Å². The van der Waals surface area contributed by atoms with E-state index in [9.17, 15) is 18.0 Å². The van der Waals surface area contributed by atoms with E-state index in [1.165, 1.54) is 13.1 Å². The normalized spacial score (nSPS) is 15.9. The molecule has 8 nitrogen and oxygen atoms in total. The lowest BCUT2D eigenvalue weighted by Crippen LogP contribution is -2.36. The summed E-state index contributed by atoms with van der Waals surface area (Å²) in [5, 5.41) is 5.45. The van der Waals surface area contributed by atoms with Crippen molar-refractivity contribution < 1.29 is 22.7 Å². The number of hydrogen-bond acceptors (Lipinski definition) is 5. The molecule has 0 fully saturated rings. The number of fused-ring (bicyclic) bond motifs is 1. The third-order valence-electron chi connectivity index (χ3n) is 4.93. The number of rotatable bonds is 5. The highest BCUT2D eigenvalue weighted by atomic mass is 32.2. The van der Waals surface area contributed by atoms with Crippen molar-refractivity contribution in [3.63, 3.8) is 0 Å². The average Bonchev–Trinajstić information content (AvgIpc) is 2.65. The first-order chi connectivity index (χ1) is 14.0. The maximum absolute atomic E-state index is 13.1. The summed E-state index contributed by atoms with van der Waals surface area (Å²) in [7, 11) is -2.61. The van der Waals surface area contributed by atoms with Crippen molar-refractivity contribution in [2.45, 2.75) is 38.7 Å².